The van der Waals surface area contributed by atoms with Gasteiger partial charge < -0.3 is 10.1 Å². The van der Waals surface area contributed by atoms with E-state index in [1.807, 2.05) is 0 Å². The number of benzene rings is 1. The van der Waals surface area contributed by atoms with E-state index >= 15 is 0 Å². The molecule has 0 saturated heterocycles. The molecule has 1 aromatic carbocycles. The second-order valence-electron chi connectivity index (χ2n) is 4.43. The molecule has 0 atom stereocenters. The molecule has 0 aliphatic carbocycles. The van der Waals surface area contributed by atoms with Gasteiger partial charge in [0.2, 0.25) is 0 Å². The van der Waals surface area contributed by atoms with Crippen LogP contribution in [0, 0.1) is 10.1 Å². The molecule has 0 aliphatic heterocycles. The van der Waals surface area contributed by atoms with Gasteiger partial charge in [-0.1, -0.05) is 34.5 Å². The Kier molecular flexibility index (Phi) is 6.20. The molecule has 0 radical (unpaired) electrons. The van der Waals surface area contributed by atoms with Crippen molar-refractivity contribution in [3.63, 3.8) is 0 Å². The van der Waals surface area contributed by atoms with E-state index in [4.69, 9.17) is 27.9 Å². The maximum Gasteiger partial charge on any atom is 0.324 e. The Morgan fingerprint density at radius 3 is 2.74 bits per heavy atom. The molecule has 0 spiro atoms. The Labute approximate surface area is 146 Å². The highest BCUT2D eigenvalue weighted by Crippen LogP contribution is 2.27. The summed E-state index contributed by atoms with van der Waals surface area (Å²) >= 11 is 12.6. The predicted molar refractivity (Wildman–Crippen MR) is 89.9 cm³/mol. The third kappa shape index (κ3) is 5.09. The second-order valence-corrected chi connectivity index (χ2v) is 6.33. The summed E-state index contributed by atoms with van der Waals surface area (Å²) in [5, 5.41) is 14.1. The minimum Gasteiger partial charge on any atom is -0.492 e. The minimum atomic E-state index is -0.523. The molecular formula is C14H12Cl2N2O4S. The summed E-state index contributed by atoms with van der Waals surface area (Å²) in [5.74, 6) is 0.184. The smallest absolute Gasteiger partial charge is 0.324 e. The Hall–Kier alpha value is -1.83. The van der Waals surface area contributed by atoms with Gasteiger partial charge in [0.1, 0.15) is 5.75 Å². The van der Waals surface area contributed by atoms with Crippen molar-refractivity contribution < 1.29 is 14.5 Å². The molecule has 1 heterocycles. The van der Waals surface area contributed by atoms with Crippen molar-refractivity contribution in [2.24, 2.45) is 0 Å². The lowest BCUT2D eigenvalue weighted by atomic mass is 10.3. The van der Waals surface area contributed by atoms with Crippen molar-refractivity contribution in [3.05, 3.63) is 55.4 Å². The van der Waals surface area contributed by atoms with Gasteiger partial charge in [0.15, 0.2) is 0 Å². The first-order valence-corrected chi connectivity index (χ1v) is 8.15. The lowest BCUT2D eigenvalue weighted by Crippen LogP contribution is -2.24. The molecule has 1 N–H and O–H groups in total. The number of rotatable bonds is 7. The molecule has 6 nitrogen and oxygen atoms in total. The Morgan fingerprint density at radius 2 is 2.09 bits per heavy atom. The van der Waals surface area contributed by atoms with Crippen LogP contribution in [-0.2, 0) is 0 Å². The van der Waals surface area contributed by atoms with Crippen LogP contribution in [0.1, 0.15) is 16.1 Å². The quantitative estimate of drug-likeness (QED) is 0.448. The molecular weight excluding hydrogens is 363 g/mol. The topological polar surface area (TPSA) is 81.5 Å². The maximum absolute atomic E-state index is 11.8. The van der Waals surface area contributed by atoms with Crippen LogP contribution in [0.5, 0.6) is 5.75 Å². The summed E-state index contributed by atoms with van der Waals surface area (Å²) < 4.78 is 5.49. The summed E-state index contributed by atoms with van der Waals surface area (Å²) in [6.07, 6.45) is 0.568. The number of hydrogen-bond donors (Lipinski definition) is 1. The van der Waals surface area contributed by atoms with Crippen LogP contribution in [0.25, 0.3) is 0 Å². The van der Waals surface area contributed by atoms with E-state index in [1.165, 1.54) is 12.1 Å². The van der Waals surface area contributed by atoms with Crippen molar-refractivity contribution in [3.8, 4) is 5.75 Å². The first-order chi connectivity index (χ1) is 11.0. The van der Waals surface area contributed by atoms with E-state index < -0.39 is 4.92 Å². The molecule has 1 aromatic heterocycles. The van der Waals surface area contributed by atoms with Crippen LogP contribution in [0.4, 0.5) is 5.00 Å². The van der Waals surface area contributed by atoms with E-state index in [0.29, 0.717) is 40.2 Å². The number of halogens is 2. The van der Waals surface area contributed by atoms with Crippen molar-refractivity contribution in [2.45, 2.75) is 6.42 Å². The molecule has 0 fully saturated rings. The van der Waals surface area contributed by atoms with Gasteiger partial charge in [-0.15, -0.1) is 0 Å². The Balaban J connectivity index is 1.72. The first-order valence-electron chi connectivity index (χ1n) is 6.57. The SMILES string of the molecule is O=C(NCCCOc1ccc(Cl)cc1Cl)c1ccc([N+](=O)[O-])s1. The first kappa shape index (κ1) is 17.5. The summed E-state index contributed by atoms with van der Waals surface area (Å²) in [7, 11) is 0. The second kappa shape index (κ2) is 8.14. The molecule has 122 valence electrons. The Morgan fingerprint density at radius 1 is 1.30 bits per heavy atom. The zero-order chi connectivity index (χ0) is 16.8. The van der Waals surface area contributed by atoms with Crippen molar-refractivity contribution in [1.29, 1.82) is 0 Å². The molecule has 0 unspecified atom stereocenters. The number of amides is 1. The third-order valence-electron chi connectivity index (χ3n) is 2.75. The van der Waals surface area contributed by atoms with Gasteiger partial charge in [-0.05, 0) is 30.7 Å². The molecule has 0 bridgehead atoms. The van der Waals surface area contributed by atoms with Gasteiger partial charge in [0.25, 0.3) is 5.91 Å². The maximum atomic E-state index is 11.8. The molecule has 1 amide bonds. The van der Waals surface area contributed by atoms with Crippen LogP contribution in [0.3, 0.4) is 0 Å². The number of nitrogens with one attached hydrogen (secondary N) is 1. The van der Waals surface area contributed by atoms with Crippen LogP contribution in [-0.4, -0.2) is 24.0 Å². The van der Waals surface area contributed by atoms with Crippen LogP contribution in [0.15, 0.2) is 30.3 Å². The lowest BCUT2D eigenvalue weighted by Gasteiger charge is -2.08. The zero-order valence-electron chi connectivity index (χ0n) is 11.8. The van der Waals surface area contributed by atoms with Gasteiger partial charge in [-0.25, -0.2) is 0 Å². The van der Waals surface area contributed by atoms with Gasteiger partial charge in [0, 0.05) is 17.6 Å². The normalized spacial score (nSPS) is 10.3. The number of hydrogen-bond acceptors (Lipinski definition) is 5. The number of nitrogens with zero attached hydrogens (tertiary/aromatic N) is 1. The largest absolute Gasteiger partial charge is 0.492 e. The Bertz CT molecular complexity index is 721. The number of carbonyl (C=O) groups is 1. The minimum absolute atomic E-state index is 0.0594. The zero-order valence-corrected chi connectivity index (χ0v) is 14.1. The van der Waals surface area contributed by atoms with Crippen molar-refractivity contribution in [1.82, 2.24) is 5.32 Å². The van der Waals surface area contributed by atoms with Crippen molar-refractivity contribution in [2.75, 3.05) is 13.2 Å². The predicted octanol–water partition coefficient (Wildman–Crippen LogP) is 4.16. The highest BCUT2D eigenvalue weighted by Gasteiger charge is 2.14. The van der Waals surface area contributed by atoms with Crippen LogP contribution < -0.4 is 10.1 Å². The molecule has 23 heavy (non-hydrogen) atoms. The fourth-order valence-corrected chi connectivity index (χ4v) is 2.88. The fourth-order valence-electron chi connectivity index (χ4n) is 1.68. The number of nitro groups is 1. The number of thiophene rings is 1. The van der Waals surface area contributed by atoms with E-state index in [0.717, 1.165) is 11.3 Å². The van der Waals surface area contributed by atoms with E-state index in [-0.39, 0.29) is 10.9 Å². The summed E-state index contributed by atoms with van der Waals surface area (Å²) in [6.45, 7) is 0.752. The highest BCUT2D eigenvalue weighted by molar-refractivity contribution is 7.17. The molecule has 2 rings (SSSR count). The average molecular weight is 375 g/mol. The average Bonchev–Trinajstić information content (AvgIpc) is 2.99. The molecule has 0 saturated carbocycles. The van der Waals surface area contributed by atoms with E-state index in [9.17, 15) is 14.9 Å². The summed E-state index contributed by atoms with van der Waals surface area (Å²) in [5.41, 5.74) is 0. The van der Waals surface area contributed by atoms with E-state index in [2.05, 4.69) is 5.32 Å². The van der Waals surface area contributed by atoms with Gasteiger partial charge >= 0.3 is 5.00 Å². The van der Waals surface area contributed by atoms with Gasteiger partial charge in [-0.2, -0.15) is 0 Å². The number of ether oxygens (including phenoxy) is 1. The summed E-state index contributed by atoms with van der Waals surface area (Å²) in [4.78, 5) is 22.2. The van der Waals surface area contributed by atoms with Crippen LogP contribution >= 0.6 is 34.5 Å². The molecule has 9 heteroatoms. The highest BCUT2D eigenvalue weighted by atomic mass is 35.5. The lowest BCUT2D eigenvalue weighted by molar-refractivity contribution is -0.380. The standard InChI is InChI=1S/C14H12Cl2N2O4S/c15-9-2-3-11(10(16)8-9)22-7-1-6-17-14(19)12-4-5-13(23-12)18(20)21/h2-5,8H,1,6-7H2,(H,17,19). The number of carbonyl (C=O) groups excluding carboxylic acids is 1. The van der Waals surface area contributed by atoms with E-state index in [1.54, 1.807) is 18.2 Å². The third-order valence-corrected chi connectivity index (χ3v) is 4.32. The summed E-state index contributed by atoms with van der Waals surface area (Å²) in [6, 6.07) is 7.68. The monoisotopic (exact) mass is 374 g/mol. The molecule has 0 aliphatic rings. The van der Waals surface area contributed by atoms with Crippen molar-refractivity contribution >= 4 is 45.4 Å². The fraction of sp³-hybridized carbons (Fsp3) is 0.214. The van der Waals surface area contributed by atoms with Crippen LogP contribution in [0.2, 0.25) is 10.0 Å². The van der Waals surface area contributed by atoms with Gasteiger partial charge in [-0.3, -0.25) is 14.9 Å². The van der Waals surface area contributed by atoms with Gasteiger partial charge in [0.05, 0.1) is 21.4 Å². The molecule has 2 aromatic rings.